The third-order valence-electron chi connectivity index (χ3n) is 4.48. The molecule has 0 aliphatic heterocycles. The fourth-order valence-electron chi connectivity index (χ4n) is 2.99. The second-order valence-electron chi connectivity index (χ2n) is 7.68. The van der Waals surface area contributed by atoms with Gasteiger partial charge in [0.25, 0.3) is 0 Å². The van der Waals surface area contributed by atoms with Crippen LogP contribution in [0.2, 0.25) is 0 Å². The third-order valence-corrected chi connectivity index (χ3v) is 4.48. The number of rotatable bonds is 9. The zero-order valence-electron chi connectivity index (χ0n) is 18.4. The maximum atomic E-state index is 10.8. The molecule has 1 aliphatic carbocycles. The molecule has 5 heteroatoms. The topological polar surface area (TPSA) is 58.2 Å². The molecular formula is C22H43N2O2Ti. The largest absolute Gasteiger partial charge is 3.00 e. The van der Waals surface area contributed by atoms with E-state index in [1.807, 2.05) is 0 Å². The summed E-state index contributed by atoms with van der Waals surface area (Å²) in [5, 5.41) is 5.80. The predicted molar refractivity (Wildman–Crippen MR) is 112 cm³/mol. The minimum absolute atomic E-state index is 0. The molecule has 2 atom stereocenters. The predicted octanol–water partition coefficient (Wildman–Crippen LogP) is 5.24. The van der Waals surface area contributed by atoms with Gasteiger partial charge in [-0.1, -0.05) is 72.1 Å². The minimum Gasteiger partial charge on any atom is -0.505 e. The van der Waals surface area contributed by atoms with Crippen LogP contribution in [0.5, 0.6) is 0 Å². The van der Waals surface area contributed by atoms with Gasteiger partial charge in [0.1, 0.15) is 0 Å². The van der Waals surface area contributed by atoms with E-state index in [0.717, 1.165) is 63.8 Å². The van der Waals surface area contributed by atoms with E-state index < -0.39 is 0 Å². The number of amides is 2. The molecule has 2 unspecified atom stereocenters. The zero-order valence-corrected chi connectivity index (χ0v) is 20.0. The summed E-state index contributed by atoms with van der Waals surface area (Å²) in [5.74, 6) is 0.272. The number of hydrogen-bond acceptors (Lipinski definition) is 2. The van der Waals surface area contributed by atoms with Crippen LogP contribution in [-0.4, -0.2) is 18.9 Å². The maximum absolute atomic E-state index is 10.8. The van der Waals surface area contributed by atoms with Crippen molar-refractivity contribution in [2.75, 3.05) is 0 Å². The first kappa shape index (κ1) is 31.4. The number of carbonyl (C=O) groups excluding carboxylic acids is 2. The van der Waals surface area contributed by atoms with Crippen LogP contribution in [0.4, 0.5) is 0 Å². The minimum atomic E-state index is 0. The molecule has 1 radical (unpaired) electrons. The van der Waals surface area contributed by atoms with Crippen molar-refractivity contribution in [2.24, 2.45) is 11.3 Å². The van der Waals surface area contributed by atoms with Crippen molar-refractivity contribution in [3.63, 3.8) is 0 Å². The summed E-state index contributed by atoms with van der Waals surface area (Å²) in [5.41, 5.74) is 0.120. The Morgan fingerprint density at radius 3 is 1.93 bits per heavy atom. The quantitative estimate of drug-likeness (QED) is 0.307. The molecule has 0 heterocycles. The summed E-state index contributed by atoms with van der Waals surface area (Å²) in [6.07, 6.45) is 11.2. The molecule has 157 valence electrons. The Kier molecular flexibility index (Phi) is 23.7. The van der Waals surface area contributed by atoms with Crippen molar-refractivity contribution in [1.82, 2.24) is 10.6 Å². The fourth-order valence-corrected chi connectivity index (χ4v) is 2.99. The molecule has 1 fully saturated rings. The van der Waals surface area contributed by atoms with Gasteiger partial charge in [0.2, 0.25) is 6.41 Å². The first-order valence-corrected chi connectivity index (χ1v) is 10.2. The molecule has 1 rings (SSSR count). The van der Waals surface area contributed by atoms with Crippen LogP contribution in [0.15, 0.2) is 0 Å². The molecular weight excluding hydrogens is 372 g/mol. The Morgan fingerprint density at radius 2 is 1.56 bits per heavy atom. The van der Waals surface area contributed by atoms with Gasteiger partial charge in [0.05, 0.1) is 0 Å². The molecule has 2 amide bonds. The summed E-state index contributed by atoms with van der Waals surface area (Å²) in [6, 6.07) is 1.22. The fraction of sp³-hybridized carbons (Fsp3) is 0.773. The van der Waals surface area contributed by atoms with Crippen LogP contribution in [0.3, 0.4) is 0 Å². The van der Waals surface area contributed by atoms with Gasteiger partial charge < -0.3 is 24.5 Å². The van der Waals surface area contributed by atoms with E-state index in [2.05, 4.69) is 59.1 Å². The van der Waals surface area contributed by atoms with E-state index in [1.54, 1.807) is 0 Å². The van der Waals surface area contributed by atoms with E-state index in [-0.39, 0.29) is 39.1 Å². The Hall–Kier alpha value is -0.346. The van der Waals surface area contributed by atoms with Crippen molar-refractivity contribution in [1.29, 1.82) is 0 Å². The molecule has 4 nitrogen and oxygen atoms in total. The summed E-state index contributed by atoms with van der Waals surface area (Å²) >= 11 is 0. The van der Waals surface area contributed by atoms with Crippen LogP contribution in [-0.2, 0) is 31.3 Å². The Morgan fingerprint density at radius 1 is 1.04 bits per heavy atom. The molecule has 2 N–H and O–H groups in total. The summed E-state index contributed by atoms with van der Waals surface area (Å²) < 4.78 is 0. The van der Waals surface area contributed by atoms with E-state index in [0.29, 0.717) is 0 Å². The van der Waals surface area contributed by atoms with E-state index in [4.69, 9.17) is 0 Å². The van der Waals surface area contributed by atoms with Crippen LogP contribution >= 0.6 is 0 Å². The second-order valence-corrected chi connectivity index (χ2v) is 7.68. The van der Waals surface area contributed by atoms with Crippen molar-refractivity contribution in [2.45, 2.75) is 98.4 Å². The SMILES string of the molecule is CCCCC1[C-](NC=O)CC(C)(C)CC1NC=O.[CH2-]CCC.[CH2-]CCC.[Ti+3]. The van der Waals surface area contributed by atoms with Crippen molar-refractivity contribution in [3.05, 3.63) is 19.9 Å². The zero-order chi connectivity index (χ0) is 20.4. The first-order valence-electron chi connectivity index (χ1n) is 10.2. The van der Waals surface area contributed by atoms with Gasteiger partial charge in [-0.05, 0) is 6.42 Å². The normalized spacial score (nSPS) is 20.6. The number of nitrogens with one attached hydrogen (secondary N) is 2. The van der Waals surface area contributed by atoms with Gasteiger partial charge in [0, 0.05) is 6.04 Å². The number of unbranched alkanes of at least 4 members (excludes halogenated alkanes) is 3. The van der Waals surface area contributed by atoms with Gasteiger partial charge in [-0.15, -0.1) is 5.92 Å². The molecule has 1 aliphatic rings. The Bertz CT molecular complexity index is 308. The van der Waals surface area contributed by atoms with Crippen LogP contribution in [0.1, 0.15) is 92.4 Å². The van der Waals surface area contributed by atoms with Gasteiger partial charge in [0.15, 0.2) is 6.41 Å². The van der Waals surface area contributed by atoms with Crippen molar-refractivity contribution < 1.29 is 31.3 Å². The van der Waals surface area contributed by atoms with E-state index >= 15 is 0 Å². The average Bonchev–Trinajstić information content (AvgIpc) is 2.61. The summed E-state index contributed by atoms with van der Waals surface area (Å²) in [4.78, 5) is 21.5. The van der Waals surface area contributed by atoms with Crippen molar-refractivity contribution in [3.8, 4) is 0 Å². The molecule has 0 aromatic heterocycles. The molecule has 0 aromatic carbocycles. The second kappa shape index (κ2) is 20.4. The average molecular weight is 415 g/mol. The maximum Gasteiger partial charge on any atom is 3.00 e. The summed E-state index contributed by atoms with van der Waals surface area (Å²) in [7, 11) is 0. The monoisotopic (exact) mass is 415 g/mol. The van der Waals surface area contributed by atoms with E-state index in [1.165, 1.54) is 12.8 Å². The van der Waals surface area contributed by atoms with E-state index in [9.17, 15) is 9.59 Å². The van der Waals surface area contributed by atoms with Crippen LogP contribution in [0, 0.1) is 31.2 Å². The molecule has 0 bridgehead atoms. The smallest absolute Gasteiger partial charge is 0.505 e. The summed E-state index contributed by atoms with van der Waals surface area (Å²) in [6.45, 7) is 18.0. The van der Waals surface area contributed by atoms with Gasteiger partial charge >= 0.3 is 21.7 Å². The molecule has 1 saturated carbocycles. The van der Waals surface area contributed by atoms with Gasteiger partial charge in [-0.2, -0.15) is 19.3 Å². The molecule has 0 aromatic rings. The molecule has 0 spiro atoms. The number of carbonyl (C=O) groups is 2. The standard InChI is InChI=1S/C14H25N2O2.2C4H9.Ti/c1-4-5-6-11-12(15-9-17)7-14(2,3)8-13(11)16-10-18;2*1-3-4-2;/h9-12H,4-8H2,1-3H3,(H,15,17)(H,16,18);2*1,3-4H2,2H3;/q3*-1;+3. The van der Waals surface area contributed by atoms with Gasteiger partial charge in [-0.3, -0.25) is 9.59 Å². The van der Waals surface area contributed by atoms with Gasteiger partial charge in [-0.25, -0.2) is 6.04 Å². The Balaban J connectivity index is -0.000000543. The Labute approximate surface area is 184 Å². The van der Waals surface area contributed by atoms with Crippen molar-refractivity contribution >= 4 is 12.8 Å². The molecule has 0 saturated heterocycles. The number of hydrogen-bond donors (Lipinski definition) is 2. The van der Waals surface area contributed by atoms with Crippen LogP contribution in [0.25, 0.3) is 0 Å². The molecule has 27 heavy (non-hydrogen) atoms. The first-order chi connectivity index (χ1) is 12.4. The third kappa shape index (κ3) is 16.3. The van der Waals surface area contributed by atoms with Crippen LogP contribution < -0.4 is 10.6 Å².